The average Bonchev–Trinajstić information content (AvgIpc) is 2.98. The molecular weight excluding hydrogens is 314 g/mol. The van der Waals surface area contributed by atoms with Crippen molar-refractivity contribution in [3.63, 3.8) is 0 Å². The normalized spacial score (nSPS) is 11.5. The molecule has 0 aliphatic rings. The van der Waals surface area contributed by atoms with Crippen LogP contribution in [0.25, 0.3) is 16.9 Å². The van der Waals surface area contributed by atoms with Crippen LogP contribution in [0.2, 0.25) is 0 Å². The van der Waals surface area contributed by atoms with Gasteiger partial charge in [-0.1, -0.05) is 30.3 Å². The molecule has 3 rings (SSSR count). The maximum Gasteiger partial charge on any atom is 0.410 e. The number of pyridine rings is 1. The van der Waals surface area contributed by atoms with Crippen molar-refractivity contribution in [1.29, 1.82) is 0 Å². The summed E-state index contributed by atoms with van der Waals surface area (Å²) < 4.78 is 7.37. The van der Waals surface area contributed by atoms with E-state index in [9.17, 15) is 4.79 Å². The largest absolute Gasteiger partial charge is 0.444 e. The average molecular weight is 337 g/mol. The Morgan fingerprint density at radius 3 is 2.52 bits per heavy atom. The summed E-state index contributed by atoms with van der Waals surface area (Å²) in [6.07, 6.45) is 3.67. The van der Waals surface area contributed by atoms with Crippen LogP contribution in [-0.2, 0) is 11.3 Å². The fourth-order valence-electron chi connectivity index (χ4n) is 2.53. The summed E-state index contributed by atoms with van der Waals surface area (Å²) in [6, 6.07) is 14.0. The summed E-state index contributed by atoms with van der Waals surface area (Å²) in [4.78, 5) is 18.2. The third-order valence-electron chi connectivity index (χ3n) is 3.74. The molecule has 1 amide bonds. The van der Waals surface area contributed by atoms with E-state index in [1.807, 2.05) is 80.0 Å². The number of rotatable bonds is 3. The fourth-order valence-corrected chi connectivity index (χ4v) is 2.53. The molecule has 25 heavy (non-hydrogen) atoms. The van der Waals surface area contributed by atoms with Crippen molar-refractivity contribution >= 4 is 11.7 Å². The first-order chi connectivity index (χ1) is 11.8. The molecule has 5 heteroatoms. The first-order valence-electron chi connectivity index (χ1n) is 8.29. The molecule has 0 bridgehead atoms. The van der Waals surface area contributed by atoms with Crippen LogP contribution in [0.3, 0.4) is 0 Å². The third kappa shape index (κ3) is 4.18. The van der Waals surface area contributed by atoms with Crippen molar-refractivity contribution in [2.45, 2.75) is 32.9 Å². The molecule has 0 spiro atoms. The molecule has 3 aromatic rings. The van der Waals surface area contributed by atoms with Crippen LogP contribution in [-0.4, -0.2) is 33.0 Å². The smallest absolute Gasteiger partial charge is 0.410 e. The van der Waals surface area contributed by atoms with Gasteiger partial charge in [0.25, 0.3) is 0 Å². The predicted octanol–water partition coefficient (Wildman–Crippen LogP) is 4.37. The molecular formula is C20H23N3O2. The molecule has 2 heterocycles. The van der Waals surface area contributed by atoms with Crippen molar-refractivity contribution in [2.24, 2.45) is 0 Å². The van der Waals surface area contributed by atoms with Crippen LogP contribution in [0.5, 0.6) is 0 Å². The van der Waals surface area contributed by atoms with Crippen molar-refractivity contribution in [1.82, 2.24) is 14.3 Å². The Morgan fingerprint density at radius 2 is 1.88 bits per heavy atom. The lowest BCUT2D eigenvalue weighted by Crippen LogP contribution is -2.33. The Bertz CT molecular complexity index is 843. The topological polar surface area (TPSA) is 46.8 Å². The minimum Gasteiger partial charge on any atom is -0.444 e. The van der Waals surface area contributed by atoms with E-state index in [1.54, 1.807) is 11.9 Å². The van der Waals surface area contributed by atoms with Gasteiger partial charge in [0.05, 0.1) is 5.69 Å². The zero-order valence-electron chi connectivity index (χ0n) is 15.1. The lowest BCUT2D eigenvalue weighted by atomic mass is 10.1. The fraction of sp³-hybridized carbons (Fsp3) is 0.300. The maximum absolute atomic E-state index is 12.0. The monoisotopic (exact) mass is 337 g/mol. The van der Waals surface area contributed by atoms with Crippen LogP contribution >= 0.6 is 0 Å². The SMILES string of the molecule is CN(Cc1ccc(-c2cn3ccccc3n2)cc1)C(=O)OC(C)(C)C. The summed E-state index contributed by atoms with van der Waals surface area (Å²) in [6.45, 7) is 6.09. The van der Waals surface area contributed by atoms with E-state index >= 15 is 0 Å². The van der Waals surface area contributed by atoms with E-state index in [0.29, 0.717) is 6.54 Å². The third-order valence-corrected chi connectivity index (χ3v) is 3.74. The van der Waals surface area contributed by atoms with Gasteiger partial charge in [-0.2, -0.15) is 0 Å². The highest BCUT2D eigenvalue weighted by molar-refractivity contribution is 5.68. The lowest BCUT2D eigenvalue weighted by molar-refractivity contribution is 0.0285. The van der Waals surface area contributed by atoms with Gasteiger partial charge in [-0.15, -0.1) is 0 Å². The molecule has 130 valence electrons. The van der Waals surface area contributed by atoms with E-state index in [2.05, 4.69) is 4.98 Å². The minimum absolute atomic E-state index is 0.322. The number of aromatic nitrogens is 2. The molecule has 0 atom stereocenters. The van der Waals surface area contributed by atoms with Crippen LogP contribution in [0.4, 0.5) is 4.79 Å². The summed E-state index contributed by atoms with van der Waals surface area (Å²) >= 11 is 0. The number of fused-ring (bicyclic) bond motifs is 1. The zero-order chi connectivity index (χ0) is 18.0. The van der Waals surface area contributed by atoms with Crippen LogP contribution in [0.15, 0.2) is 54.9 Å². The van der Waals surface area contributed by atoms with Crippen LogP contribution in [0.1, 0.15) is 26.3 Å². The molecule has 1 aromatic carbocycles. The highest BCUT2D eigenvalue weighted by Crippen LogP contribution is 2.20. The van der Waals surface area contributed by atoms with E-state index < -0.39 is 5.60 Å². The summed E-state index contributed by atoms with van der Waals surface area (Å²) in [7, 11) is 1.74. The summed E-state index contributed by atoms with van der Waals surface area (Å²) in [5.41, 5.74) is 3.45. The van der Waals surface area contributed by atoms with E-state index in [4.69, 9.17) is 4.74 Å². The Labute approximate surface area is 147 Å². The van der Waals surface area contributed by atoms with E-state index in [1.165, 1.54) is 0 Å². The molecule has 5 nitrogen and oxygen atoms in total. The van der Waals surface area contributed by atoms with E-state index in [0.717, 1.165) is 22.5 Å². The van der Waals surface area contributed by atoms with Gasteiger partial charge in [0, 0.05) is 31.5 Å². The first-order valence-corrected chi connectivity index (χ1v) is 8.29. The van der Waals surface area contributed by atoms with Gasteiger partial charge < -0.3 is 14.0 Å². The Morgan fingerprint density at radius 1 is 1.16 bits per heavy atom. The number of nitrogens with zero attached hydrogens (tertiary/aromatic N) is 3. The van der Waals surface area contributed by atoms with Gasteiger partial charge >= 0.3 is 6.09 Å². The predicted molar refractivity (Wildman–Crippen MR) is 98.3 cm³/mol. The van der Waals surface area contributed by atoms with Gasteiger partial charge in [0.15, 0.2) is 0 Å². The first kappa shape index (κ1) is 17.0. The molecule has 0 aliphatic heterocycles. The summed E-state index contributed by atoms with van der Waals surface area (Å²) in [5.74, 6) is 0. The molecule has 0 fully saturated rings. The molecule has 0 N–H and O–H groups in total. The molecule has 0 saturated carbocycles. The maximum atomic E-state index is 12.0. The van der Waals surface area contributed by atoms with Gasteiger partial charge in [0.2, 0.25) is 0 Å². The Balaban J connectivity index is 1.70. The van der Waals surface area contributed by atoms with Crippen molar-refractivity contribution in [2.75, 3.05) is 7.05 Å². The molecule has 0 aliphatic carbocycles. The van der Waals surface area contributed by atoms with E-state index in [-0.39, 0.29) is 6.09 Å². The molecule has 2 aromatic heterocycles. The molecule has 0 unspecified atom stereocenters. The second kappa shape index (κ2) is 6.59. The second-order valence-corrected chi connectivity index (χ2v) is 7.13. The molecule has 0 saturated heterocycles. The lowest BCUT2D eigenvalue weighted by Gasteiger charge is -2.24. The number of benzene rings is 1. The summed E-state index contributed by atoms with van der Waals surface area (Å²) in [5, 5.41) is 0. The van der Waals surface area contributed by atoms with Gasteiger partial charge in [-0.05, 0) is 38.5 Å². The van der Waals surface area contributed by atoms with Gasteiger partial charge in [-0.3, -0.25) is 0 Å². The Kier molecular flexibility index (Phi) is 4.49. The number of hydrogen-bond donors (Lipinski definition) is 0. The van der Waals surface area contributed by atoms with Gasteiger partial charge in [-0.25, -0.2) is 9.78 Å². The standard InChI is InChI=1S/C20H23N3O2/c1-20(2,3)25-19(24)22(4)13-15-8-10-16(11-9-15)17-14-23-12-6-5-7-18(23)21-17/h5-12,14H,13H2,1-4H3. The minimum atomic E-state index is -0.488. The number of hydrogen-bond acceptors (Lipinski definition) is 3. The zero-order valence-corrected chi connectivity index (χ0v) is 15.1. The van der Waals surface area contributed by atoms with Gasteiger partial charge in [0.1, 0.15) is 11.2 Å². The number of amides is 1. The quantitative estimate of drug-likeness (QED) is 0.713. The van der Waals surface area contributed by atoms with Crippen molar-refractivity contribution in [3.8, 4) is 11.3 Å². The van der Waals surface area contributed by atoms with Crippen LogP contribution < -0.4 is 0 Å². The second-order valence-electron chi connectivity index (χ2n) is 7.13. The highest BCUT2D eigenvalue weighted by Gasteiger charge is 2.19. The van der Waals surface area contributed by atoms with Crippen molar-refractivity contribution in [3.05, 3.63) is 60.4 Å². The number of ether oxygens (including phenoxy) is 1. The number of carbonyl (C=O) groups excluding carboxylic acids is 1. The number of imidazole rings is 1. The van der Waals surface area contributed by atoms with Crippen molar-refractivity contribution < 1.29 is 9.53 Å². The Hall–Kier alpha value is -2.82. The molecule has 0 radical (unpaired) electrons. The number of carbonyl (C=O) groups is 1. The van der Waals surface area contributed by atoms with Crippen LogP contribution in [0, 0.1) is 0 Å². The highest BCUT2D eigenvalue weighted by atomic mass is 16.6.